The molecule has 4 heteroatoms. The number of carbonyl (C=O) groups is 2. The third-order valence-corrected chi connectivity index (χ3v) is 3.36. The highest BCUT2D eigenvalue weighted by Gasteiger charge is 2.28. The van der Waals surface area contributed by atoms with Crippen LogP contribution in [0, 0.1) is 0 Å². The van der Waals surface area contributed by atoms with Crippen LogP contribution in [0.4, 0.5) is 0 Å². The van der Waals surface area contributed by atoms with Crippen LogP contribution in [0.1, 0.15) is 38.8 Å². The molecule has 1 aliphatic rings. The zero-order valence-electron chi connectivity index (χ0n) is 10.5. The molecule has 0 saturated carbocycles. The molecule has 0 bridgehead atoms. The Bertz CT molecular complexity index is 690. The summed E-state index contributed by atoms with van der Waals surface area (Å²) < 4.78 is 5.77. The van der Waals surface area contributed by atoms with Crippen molar-refractivity contribution in [2.75, 3.05) is 0 Å². The number of ether oxygens (including phenoxy) is 1. The molecule has 2 aromatic rings. The van der Waals surface area contributed by atoms with Crippen molar-refractivity contribution in [2.24, 2.45) is 0 Å². The van der Waals surface area contributed by atoms with Crippen LogP contribution >= 0.6 is 0 Å². The number of hydrogen-bond acceptors (Lipinski definition) is 4. The van der Waals surface area contributed by atoms with Gasteiger partial charge in [-0.2, -0.15) is 0 Å². The minimum atomic E-state index is -1.27. The standard InChI is InChI=1S/C16H12O4/c17-13-9-15(20-14-8-4-3-7-12(13)14)10-5-1-2-6-11(10)16(18)19/h1-8,15H,9H2,(H,18,19)/p-1/t15-/m0/s1. The van der Waals surface area contributed by atoms with E-state index in [2.05, 4.69) is 0 Å². The fraction of sp³-hybridized carbons (Fsp3) is 0.125. The maximum absolute atomic E-state index is 12.1. The number of carboxylic acids is 1. The van der Waals surface area contributed by atoms with Gasteiger partial charge in [-0.25, -0.2) is 0 Å². The first-order valence-electron chi connectivity index (χ1n) is 6.26. The molecule has 0 N–H and O–H groups in total. The Morgan fingerprint density at radius 2 is 1.80 bits per heavy atom. The molecular weight excluding hydrogens is 256 g/mol. The van der Waals surface area contributed by atoms with E-state index in [1.807, 2.05) is 0 Å². The number of hydrogen-bond donors (Lipinski definition) is 0. The largest absolute Gasteiger partial charge is 0.545 e. The average molecular weight is 267 g/mol. The highest BCUT2D eigenvalue weighted by atomic mass is 16.5. The Balaban J connectivity index is 2.02. The molecule has 1 atom stereocenters. The van der Waals surface area contributed by atoms with Crippen LogP contribution in [0.5, 0.6) is 5.75 Å². The van der Waals surface area contributed by atoms with E-state index < -0.39 is 12.1 Å². The lowest BCUT2D eigenvalue weighted by molar-refractivity contribution is -0.255. The van der Waals surface area contributed by atoms with Crippen molar-refractivity contribution >= 4 is 11.8 Å². The monoisotopic (exact) mass is 267 g/mol. The first-order chi connectivity index (χ1) is 9.66. The molecule has 0 radical (unpaired) electrons. The van der Waals surface area contributed by atoms with E-state index in [4.69, 9.17) is 4.74 Å². The molecule has 0 saturated heterocycles. The molecule has 1 heterocycles. The van der Waals surface area contributed by atoms with Gasteiger partial charge in [-0.15, -0.1) is 0 Å². The van der Waals surface area contributed by atoms with Gasteiger partial charge in [0.05, 0.1) is 18.0 Å². The zero-order valence-corrected chi connectivity index (χ0v) is 10.5. The summed E-state index contributed by atoms with van der Waals surface area (Å²) in [6.07, 6.45) is -0.465. The Labute approximate surface area is 115 Å². The van der Waals surface area contributed by atoms with Gasteiger partial charge in [0, 0.05) is 11.1 Å². The van der Waals surface area contributed by atoms with Gasteiger partial charge in [0.25, 0.3) is 0 Å². The Morgan fingerprint density at radius 1 is 1.10 bits per heavy atom. The maximum atomic E-state index is 12.1. The molecule has 0 fully saturated rings. The van der Waals surface area contributed by atoms with Gasteiger partial charge < -0.3 is 14.6 Å². The summed E-state index contributed by atoms with van der Waals surface area (Å²) in [4.78, 5) is 23.2. The molecule has 0 spiro atoms. The van der Waals surface area contributed by atoms with Crippen molar-refractivity contribution in [3.05, 3.63) is 65.2 Å². The zero-order chi connectivity index (χ0) is 14.1. The normalized spacial score (nSPS) is 17.2. The van der Waals surface area contributed by atoms with Crippen LogP contribution in [-0.4, -0.2) is 11.8 Å². The highest BCUT2D eigenvalue weighted by Crippen LogP contribution is 2.35. The molecule has 4 nitrogen and oxygen atoms in total. The Kier molecular flexibility index (Phi) is 2.99. The number of benzene rings is 2. The summed E-state index contributed by atoms with van der Waals surface area (Å²) in [5.74, 6) is -0.831. The van der Waals surface area contributed by atoms with Crippen molar-refractivity contribution in [3.63, 3.8) is 0 Å². The lowest BCUT2D eigenvalue weighted by Gasteiger charge is -2.27. The molecular formula is C16H11O4-. The van der Waals surface area contributed by atoms with Gasteiger partial charge in [-0.1, -0.05) is 36.4 Å². The maximum Gasteiger partial charge on any atom is 0.170 e. The molecule has 1 aliphatic heterocycles. The average Bonchev–Trinajstić information content (AvgIpc) is 2.47. The summed E-state index contributed by atoms with van der Waals surface area (Å²) in [5, 5.41) is 11.1. The lowest BCUT2D eigenvalue weighted by Crippen LogP contribution is -2.27. The summed E-state index contributed by atoms with van der Waals surface area (Å²) >= 11 is 0. The predicted molar refractivity (Wildman–Crippen MR) is 69.5 cm³/mol. The molecule has 0 unspecified atom stereocenters. The second-order valence-corrected chi connectivity index (χ2v) is 4.60. The quantitative estimate of drug-likeness (QED) is 0.831. The van der Waals surface area contributed by atoms with Crippen LogP contribution in [0.3, 0.4) is 0 Å². The SMILES string of the molecule is O=C1C[C@@H](c2ccccc2C(=O)[O-])Oc2ccccc21. The Morgan fingerprint density at radius 3 is 2.60 bits per heavy atom. The first-order valence-corrected chi connectivity index (χ1v) is 6.26. The Hall–Kier alpha value is -2.62. The van der Waals surface area contributed by atoms with E-state index in [0.29, 0.717) is 16.9 Å². The van der Waals surface area contributed by atoms with E-state index in [-0.39, 0.29) is 17.8 Å². The van der Waals surface area contributed by atoms with Gasteiger partial charge in [0.15, 0.2) is 5.78 Å². The van der Waals surface area contributed by atoms with Crippen LogP contribution in [0.2, 0.25) is 0 Å². The van der Waals surface area contributed by atoms with Crippen molar-refractivity contribution < 1.29 is 19.4 Å². The molecule has 20 heavy (non-hydrogen) atoms. The van der Waals surface area contributed by atoms with Crippen molar-refractivity contribution in [3.8, 4) is 5.75 Å². The number of rotatable bonds is 2. The summed E-state index contributed by atoms with van der Waals surface area (Å²) in [6.45, 7) is 0. The molecule has 0 aromatic heterocycles. The van der Waals surface area contributed by atoms with E-state index in [1.165, 1.54) is 6.07 Å². The molecule has 2 aromatic carbocycles. The first kappa shape index (κ1) is 12.4. The molecule has 100 valence electrons. The van der Waals surface area contributed by atoms with Crippen molar-refractivity contribution in [2.45, 2.75) is 12.5 Å². The third kappa shape index (κ3) is 2.05. The minimum absolute atomic E-state index is 0.0509. The highest BCUT2D eigenvalue weighted by molar-refractivity contribution is 6.00. The number of ketones is 1. The van der Waals surface area contributed by atoms with Gasteiger partial charge >= 0.3 is 0 Å². The van der Waals surface area contributed by atoms with Gasteiger partial charge in [0.1, 0.15) is 11.9 Å². The number of Topliss-reactive ketones (excluding diaryl/α,β-unsaturated/α-hetero) is 1. The van der Waals surface area contributed by atoms with Crippen molar-refractivity contribution in [1.29, 1.82) is 0 Å². The second-order valence-electron chi connectivity index (χ2n) is 4.60. The van der Waals surface area contributed by atoms with E-state index in [9.17, 15) is 14.7 Å². The van der Waals surface area contributed by atoms with E-state index in [0.717, 1.165) is 0 Å². The van der Waals surface area contributed by atoms with Gasteiger partial charge in [-0.05, 0) is 12.1 Å². The van der Waals surface area contributed by atoms with Gasteiger partial charge in [-0.3, -0.25) is 4.79 Å². The van der Waals surface area contributed by atoms with Crippen LogP contribution in [0.25, 0.3) is 0 Å². The van der Waals surface area contributed by atoms with E-state index >= 15 is 0 Å². The summed E-state index contributed by atoms with van der Waals surface area (Å²) in [7, 11) is 0. The van der Waals surface area contributed by atoms with Gasteiger partial charge in [0.2, 0.25) is 0 Å². The minimum Gasteiger partial charge on any atom is -0.545 e. The number of aromatic carboxylic acids is 1. The third-order valence-electron chi connectivity index (χ3n) is 3.36. The van der Waals surface area contributed by atoms with Crippen LogP contribution in [0.15, 0.2) is 48.5 Å². The van der Waals surface area contributed by atoms with Crippen LogP contribution in [-0.2, 0) is 0 Å². The topological polar surface area (TPSA) is 66.4 Å². The fourth-order valence-electron chi connectivity index (χ4n) is 2.41. The molecule has 3 rings (SSSR count). The number of fused-ring (bicyclic) bond motifs is 1. The fourth-order valence-corrected chi connectivity index (χ4v) is 2.41. The molecule has 0 aliphatic carbocycles. The number of carboxylic acid groups (broad SMARTS) is 1. The number of carbonyl (C=O) groups excluding carboxylic acids is 2. The summed E-state index contributed by atoms with van der Waals surface area (Å²) in [5.41, 5.74) is 1.06. The predicted octanol–water partition coefficient (Wildman–Crippen LogP) is 1.76. The smallest absolute Gasteiger partial charge is 0.170 e. The second kappa shape index (κ2) is 4.81. The molecule has 0 amide bonds. The van der Waals surface area contributed by atoms with E-state index in [1.54, 1.807) is 42.5 Å². The van der Waals surface area contributed by atoms with Crippen LogP contribution < -0.4 is 9.84 Å². The van der Waals surface area contributed by atoms with Crippen molar-refractivity contribution in [1.82, 2.24) is 0 Å². The number of para-hydroxylation sites is 1. The lowest BCUT2D eigenvalue weighted by atomic mass is 9.93. The summed E-state index contributed by atoms with van der Waals surface area (Å²) in [6, 6.07) is 13.4.